The van der Waals surface area contributed by atoms with Gasteiger partial charge in [0.25, 0.3) is 0 Å². The first-order valence-corrected chi connectivity index (χ1v) is 11.3. The first kappa shape index (κ1) is 21.8. The Hall–Kier alpha value is -2.54. The molecule has 0 fully saturated rings. The van der Waals surface area contributed by atoms with Crippen LogP contribution < -0.4 is 14.5 Å². The van der Waals surface area contributed by atoms with E-state index in [1.54, 1.807) is 24.3 Å². The number of sulfonamides is 1. The van der Waals surface area contributed by atoms with Crippen molar-refractivity contribution in [2.24, 2.45) is 0 Å². The van der Waals surface area contributed by atoms with Gasteiger partial charge in [-0.05, 0) is 37.1 Å². The molecule has 152 valence electrons. The fraction of sp³-hybridized carbons (Fsp3) is 0.381. The molecule has 2 aromatic carbocycles. The second kappa shape index (κ2) is 10.1. The molecule has 0 aliphatic heterocycles. The molecule has 2 aromatic rings. The number of carbonyl (C=O) groups excluding carboxylic acids is 1. The third-order valence-electron chi connectivity index (χ3n) is 4.51. The minimum Gasteiger partial charge on any atom is -0.375 e. The fourth-order valence-electron chi connectivity index (χ4n) is 3.09. The molecule has 0 spiro atoms. The molecular formula is C21H29N3O3S. The Morgan fingerprint density at radius 3 is 2.04 bits per heavy atom. The van der Waals surface area contributed by atoms with Crippen molar-refractivity contribution in [2.75, 3.05) is 35.6 Å². The number of anilines is 2. The van der Waals surface area contributed by atoms with Crippen LogP contribution in [0.2, 0.25) is 0 Å². The molecule has 0 aliphatic carbocycles. The SMILES string of the molecule is CCC(C(=O)NCCCN(C)c1ccccc1)N(c1ccccc1)S(C)(=O)=O. The zero-order chi connectivity index (χ0) is 20.6. The van der Waals surface area contributed by atoms with E-state index in [0.29, 0.717) is 18.7 Å². The van der Waals surface area contributed by atoms with Crippen molar-refractivity contribution in [3.8, 4) is 0 Å². The highest BCUT2D eigenvalue weighted by atomic mass is 32.2. The number of hydrogen-bond donors (Lipinski definition) is 1. The maximum absolute atomic E-state index is 12.7. The minimum atomic E-state index is -3.59. The highest BCUT2D eigenvalue weighted by Crippen LogP contribution is 2.22. The van der Waals surface area contributed by atoms with Gasteiger partial charge in [-0.15, -0.1) is 0 Å². The number of para-hydroxylation sites is 2. The third kappa shape index (κ3) is 5.99. The van der Waals surface area contributed by atoms with Crippen molar-refractivity contribution in [1.29, 1.82) is 0 Å². The summed E-state index contributed by atoms with van der Waals surface area (Å²) in [6.45, 7) is 3.09. The molecule has 0 radical (unpaired) electrons. The van der Waals surface area contributed by atoms with E-state index in [0.717, 1.165) is 24.9 Å². The average molecular weight is 404 g/mol. The van der Waals surface area contributed by atoms with Gasteiger partial charge in [0.2, 0.25) is 15.9 Å². The summed E-state index contributed by atoms with van der Waals surface area (Å²) in [6.07, 6.45) is 2.28. The second-order valence-electron chi connectivity index (χ2n) is 6.72. The van der Waals surface area contributed by atoms with E-state index in [4.69, 9.17) is 0 Å². The van der Waals surface area contributed by atoms with Crippen molar-refractivity contribution >= 4 is 27.3 Å². The van der Waals surface area contributed by atoms with Gasteiger partial charge in [-0.25, -0.2) is 8.42 Å². The van der Waals surface area contributed by atoms with Crippen LogP contribution in [0.1, 0.15) is 19.8 Å². The third-order valence-corrected chi connectivity index (χ3v) is 5.69. The van der Waals surface area contributed by atoms with Crippen LogP contribution in [0.3, 0.4) is 0 Å². The van der Waals surface area contributed by atoms with Crippen LogP contribution in [0.5, 0.6) is 0 Å². The van der Waals surface area contributed by atoms with Crippen LogP contribution in [0.15, 0.2) is 60.7 Å². The standard InChI is InChI=1S/C21H29N3O3S/c1-4-20(24(28(3,26)27)19-14-9-6-10-15-19)21(25)22-16-11-17-23(2)18-12-7-5-8-13-18/h5-10,12-15,20H,4,11,16-17H2,1-3H3,(H,22,25). The van der Waals surface area contributed by atoms with E-state index >= 15 is 0 Å². The summed E-state index contributed by atoms with van der Waals surface area (Å²) in [5.74, 6) is -0.279. The highest BCUT2D eigenvalue weighted by molar-refractivity contribution is 7.92. The summed E-state index contributed by atoms with van der Waals surface area (Å²) in [5.41, 5.74) is 1.61. The molecular weight excluding hydrogens is 374 g/mol. The number of carbonyl (C=O) groups is 1. The summed E-state index contributed by atoms with van der Waals surface area (Å²) < 4.78 is 25.9. The zero-order valence-electron chi connectivity index (χ0n) is 16.7. The number of hydrogen-bond acceptors (Lipinski definition) is 4. The van der Waals surface area contributed by atoms with Gasteiger partial charge in [-0.1, -0.05) is 43.3 Å². The number of rotatable bonds is 10. The van der Waals surface area contributed by atoms with Crippen LogP contribution in [0.25, 0.3) is 0 Å². The van der Waals surface area contributed by atoms with E-state index in [9.17, 15) is 13.2 Å². The van der Waals surface area contributed by atoms with Gasteiger partial charge >= 0.3 is 0 Å². The van der Waals surface area contributed by atoms with Gasteiger partial charge in [0.05, 0.1) is 11.9 Å². The maximum Gasteiger partial charge on any atom is 0.243 e. The Morgan fingerprint density at radius 1 is 1.00 bits per heavy atom. The maximum atomic E-state index is 12.7. The van der Waals surface area contributed by atoms with Gasteiger partial charge in [-0.3, -0.25) is 9.10 Å². The lowest BCUT2D eigenvalue weighted by Gasteiger charge is -2.30. The van der Waals surface area contributed by atoms with E-state index in [2.05, 4.69) is 10.2 Å². The fourth-order valence-corrected chi connectivity index (χ4v) is 4.30. The first-order valence-electron chi connectivity index (χ1n) is 9.43. The van der Waals surface area contributed by atoms with Crippen LogP contribution in [-0.4, -0.2) is 46.8 Å². The van der Waals surface area contributed by atoms with Crippen molar-refractivity contribution in [3.05, 3.63) is 60.7 Å². The summed E-state index contributed by atoms with van der Waals surface area (Å²) in [7, 11) is -1.58. The Kier molecular flexibility index (Phi) is 7.87. The van der Waals surface area contributed by atoms with Gasteiger partial charge in [0, 0.05) is 25.8 Å². The number of nitrogens with one attached hydrogen (secondary N) is 1. The quantitative estimate of drug-likeness (QED) is 0.620. The predicted molar refractivity (Wildman–Crippen MR) is 115 cm³/mol. The van der Waals surface area contributed by atoms with E-state index in [-0.39, 0.29) is 5.91 Å². The van der Waals surface area contributed by atoms with Crippen LogP contribution in [-0.2, 0) is 14.8 Å². The average Bonchev–Trinajstić information content (AvgIpc) is 2.69. The van der Waals surface area contributed by atoms with Crippen molar-refractivity contribution < 1.29 is 13.2 Å². The van der Waals surface area contributed by atoms with E-state index in [1.807, 2.05) is 50.4 Å². The molecule has 1 unspecified atom stereocenters. The Balaban J connectivity index is 1.96. The zero-order valence-corrected chi connectivity index (χ0v) is 17.5. The molecule has 0 heterocycles. The first-order chi connectivity index (χ1) is 13.3. The number of amides is 1. The Labute approximate surface area is 168 Å². The summed E-state index contributed by atoms with van der Waals surface area (Å²) in [5, 5.41) is 2.89. The van der Waals surface area contributed by atoms with Gasteiger partial charge < -0.3 is 10.2 Å². The highest BCUT2D eigenvalue weighted by Gasteiger charge is 2.31. The largest absolute Gasteiger partial charge is 0.375 e. The Morgan fingerprint density at radius 2 is 1.54 bits per heavy atom. The molecule has 7 heteroatoms. The monoisotopic (exact) mass is 403 g/mol. The Bertz CT molecular complexity index is 842. The minimum absolute atomic E-state index is 0.279. The number of nitrogens with zero attached hydrogens (tertiary/aromatic N) is 2. The molecule has 28 heavy (non-hydrogen) atoms. The molecule has 0 saturated carbocycles. The summed E-state index contributed by atoms with van der Waals surface area (Å²) in [4.78, 5) is 14.8. The van der Waals surface area contributed by atoms with Gasteiger partial charge in [0.1, 0.15) is 6.04 Å². The van der Waals surface area contributed by atoms with E-state index < -0.39 is 16.1 Å². The topological polar surface area (TPSA) is 69.7 Å². The lowest BCUT2D eigenvalue weighted by Crippen LogP contribution is -2.49. The summed E-state index contributed by atoms with van der Waals surface area (Å²) >= 11 is 0. The smallest absolute Gasteiger partial charge is 0.243 e. The van der Waals surface area contributed by atoms with Crippen LogP contribution in [0, 0.1) is 0 Å². The van der Waals surface area contributed by atoms with Gasteiger partial charge in [0.15, 0.2) is 0 Å². The molecule has 0 aromatic heterocycles. The molecule has 1 amide bonds. The van der Waals surface area contributed by atoms with Gasteiger partial charge in [-0.2, -0.15) is 0 Å². The number of benzene rings is 2. The molecule has 2 rings (SSSR count). The molecule has 6 nitrogen and oxygen atoms in total. The summed E-state index contributed by atoms with van der Waals surface area (Å²) in [6, 6.07) is 18.0. The van der Waals surface area contributed by atoms with Crippen LogP contribution >= 0.6 is 0 Å². The molecule has 0 bridgehead atoms. The van der Waals surface area contributed by atoms with Crippen LogP contribution in [0.4, 0.5) is 11.4 Å². The van der Waals surface area contributed by atoms with Crippen molar-refractivity contribution in [2.45, 2.75) is 25.8 Å². The van der Waals surface area contributed by atoms with Crippen molar-refractivity contribution in [1.82, 2.24) is 5.32 Å². The van der Waals surface area contributed by atoms with E-state index in [1.165, 1.54) is 4.31 Å². The normalized spacial score (nSPS) is 12.2. The second-order valence-corrected chi connectivity index (χ2v) is 8.58. The molecule has 1 N–H and O–H groups in total. The molecule has 0 saturated heterocycles. The lowest BCUT2D eigenvalue weighted by atomic mass is 10.2. The lowest BCUT2D eigenvalue weighted by molar-refractivity contribution is -0.122. The molecule has 0 aliphatic rings. The van der Waals surface area contributed by atoms with Crippen molar-refractivity contribution in [3.63, 3.8) is 0 Å². The molecule has 1 atom stereocenters. The predicted octanol–water partition coefficient (Wildman–Crippen LogP) is 2.87.